The highest BCUT2D eigenvalue weighted by Crippen LogP contribution is 2.21. The number of halogens is 1. The van der Waals surface area contributed by atoms with E-state index in [2.05, 4.69) is 59.1 Å². The predicted molar refractivity (Wildman–Crippen MR) is 72.8 cm³/mol. The van der Waals surface area contributed by atoms with Crippen molar-refractivity contribution in [2.24, 2.45) is 0 Å². The van der Waals surface area contributed by atoms with Crippen molar-refractivity contribution in [3.8, 4) is 0 Å². The zero-order chi connectivity index (χ0) is 11.8. The molecule has 2 nitrogen and oxygen atoms in total. The molecule has 0 amide bonds. The van der Waals surface area contributed by atoms with Crippen LogP contribution in [0.1, 0.15) is 20.8 Å². The van der Waals surface area contributed by atoms with E-state index in [0.29, 0.717) is 0 Å². The van der Waals surface area contributed by atoms with Gasteiger partial charge in [0, 0.05) is 15.4 Å². The molecule has 1 aromatic heterocycles. The summed E-state index contributed by atoms with van der Waals surface area (Å²) in [6.07, 6.45) is 0. The summed E-state index contributed by atoms with van der Waals surface area (Å²) < 4.78 is 1.06. The summed E-state index contributed by atoms with van der Waals surface area (Å²) in [6, 6.07) is 10.2. The number of anilines is 1. The lowest BCUT2D eigenvalue weighted by Gasteiger charge is -2.21. The molecule has 0 fully saturated rings. The minimum atomic E-state index is 0.0344. The van der Waals surface area contributed by atoms with Crippen molar-refractivity contribution in [2.45, 2.75) is 26.3 Å². The van der Waals surface area contributed by atoms with Gasteiger partial charge in [-0.2, -0.15) is 0 Å². The summed E-state index contributed by atoms with van der Waals surface area (Å²) in [6.45, 7) is 6.37. The van der Waals surface area contributed by atoms with Crippen molar-refractivity contribution in [1.29, 1.82) is 0 Å². The summed E-state index contributed by atoms with van der Waals surface area (Å²) >= 11 is 3.46. The zero-order valence-corrected chi connectivity index (χ0v) is 11.3. The lowest BCUT2D eigenvalue weighted by atomic mass is 10.1. The molecule has 0 atom stereocenters. The van der Waals surface area contributed by atoms with Crippen LogP contribution >= 0.6 is 15.9 Å². The molecule has 3 heteroatoms. The highest BCUT2D eigenvalue weighted by atomic mass is 79.9. The molecule has 1 aromatic carbocycles. The van der Waals surface area contributed by atoms with Crippen LogP contribution in [0.5, 0.6) is 0 Å². The fourth-order valence-electron chi connectivity index (χ4n) is 1.54. The van der Waals surface area contributed by atoms with Gasteiger partial charge in [0.15, 0.2) is 0 Å². The van der Waals surface area contributed by atoms with Gasteiger partial charge in [-0.3, -0.25) is 0 Å². The number of nitrogens with one attached hydrogen (secondary N) is 1. The minimum absolute atomic E-state index is 0.0344. The Morgan fingerprint density at radius 1 is 1.12 bits per heavy atom. The number of rotatable bonds is 1. The van der Waals surface area contributed by atoms with Crippen molar-refractivity contribution in [3.05, 3.63) is 34.8 Å². The summed E-state index contributed by atoms with van der Waals surface area (Å²) in [5, 5.41) is 4.52. The maximum absolute atomic E-state index is 4.58. The third kappa shape index (κ3) is 2.73. The van der Waals surface area contributed by atoms with Crippen LogP contribution in [0.4, 0.5) is 5.82 Å². The Labute approximate surface area is 104 Å². The molecule has 16 heavy (non-hydrogen) atoms. The Bertz CT molecular complexity index is 515. The first-order valence-electron chi connectivity index (χ1n) is 5.28. The Kier molecular flexibility index (Phi) is 2.89. The van der Waals surface area contributed by atoms with E-state index >= 15 is 0 Å². The normalized spacial score (nSPS) is 11.8. The summed E-state index contributed by atoms with van der Waals surface area (Å²) in [5.74, 6) is 0.915. The largest absolute Gasteiger partial charge is 0.365 e. The Hall–Kier alpha value is -1.09. The Morgan fingerprint density at radius 2 is 1.81 bits per heavy atom. The van der Waals surface area contributed by atoms with Crippen LogP contribution in [0.3, 0.4) is 0 Å². The van der Waals surface area contributed by atoms with Crippen LogP contribution in [-0.2, 0) is 0 Å². The van der Waals surface area contributed by atoms with Crippen LogP contribution in [0, 0.1) is 0 Å². The van der Waals surface area contributed by atoms with E-state index in [4.69, 9.17) is 0 Å². The monoisotopic (exact) mass is 278 g/mol. The molecule has 0 aliphatic heterocycles. The summed E-state index contributed by atoms with van der Waals surface area (Å²) in [4.78, 5) is 4.58. The molecule has 1 N–H and O–H groups in total. The van der Waals surface area contributed by atoms with E-state index < -0.39 is 0 Å². The van der Waals surface area contributed by atoms with Gasteiger partial charge in [0.2, 0.25) is 0 Å². The molecular formula is C13H15BrN2. The third-order valence-electron chi connectivity index (χ3n) is 2.16. The molecule has 2 aromatic rings. The van der Waals surface area contributed by atoms with Crippen LogP contribution in [0.15, 0.2) is 34.8 Å². The number of benzene rings is 1. The summed E-state index contributed by atoms with van der Waals surface area (Å²) in [5.41, 5.74) is 1.04. The highest BCUT2D eigenvalue weighted by molar-refractivity contribution is 9.10. The maximum atomic E-state index is 4.58. The second kappa shape index (κ2) is 4.06. The molecule has 0 aliphatic rings. The molecule has 0 bridgehead atoms. The molecule has 0 unspecified atom stereocenters. The SMILES string of the molecule is CC(C)(C)Nc1ccc2ccc(Br)cc2n1. The van der Waals surface area contributed by atoms with Gasteiger partial charge < -0.3 is 5.32 Å². The van der Waals surface area contributed by atoms with E-state index in [-0.39, 0.29) is 5.54 Å². The molecule has 0 saturated carbocycles. The van der Waals surface area contributed by atoms with E-state index in [1.54, 1.807) is 0 Å². The van der Waals surface area contributed by atoms with Gasteiger partial charge in [-0.1, -0.05) is 22.0 Å². The third-order valence-corrected chi connectivity index (χ3v) is 2.65. The van der Waals surface area contributed by atoms with Gasteiger partial charge in [-0.25, -0.2) is 4.98 Å². The average Bonchev–Trinajstić information content (AvgIpc) is 2.14. The van der Waals surface area contributed by atoms with Crippen LogP contribution in [-0.4, -0.2) is 10.5 Å². The molecular weight excluding hydrogens is 264 g/mol. The quantitative estimate of drug-likeness (QED) is 0.845. The number of hydrogen-bond donors (Lipinski definition) is 1. The second-order valence-corrected chi connectivity index (χ2v) is 5.82. The fourth-order valence-corrected chi connectivity index (χ4v) is 1.89. The van der Waals surface area contributed by atoms with Gasteiger partial charge in [0.05, 0.1) is 5.52 Å². The smallest absolute Gasteiger partial charge is 0.127 e. The van der Waals surface area contributed by atoms with Crippen molar-refractivity contribution in [3.63, 3.8) is 0 Å². The number of hydrogen-bond acceptors (Lipinski definition) is 2. The average molecular weight is 279 g/mol. The van der Waals surface area contributed by atoms with Crippen LogP contribution in [0.2, 0.25) is 0 Å². The van der Waals surface area contributed by atoms with Gasteiger partial charge >= 0.3 is 0 Å². The maximum Gasteiger partial charge on any atom is 0.127 e. The van der Waals surface area contributed by atoms with Gasteiger partial charge in [-0.05, 0) is 45.0 Å². The van der Waals surface area contributed by atoms with E-state index in [9.17, 15) is 0 Å². The van der Waals surface area contributed by atoms with E-state index in [1.165, 1.54) is 0 Å². The lowest BCUT2D eigenvalue weighted by molar-refractivity contribution is 0.631. The fraction of sp³-hybridized carbons (Fsp3) is 0.308. The molecule has 1 heterocycles. The van der Waals surface area contributed by atoms with Crippen LogP contribution < -0.4 is 5.32 Å². The Morgan fingerprint density at radius 3 is 2.50 bits per heavy atom. The van der Waals surface area contributed by atoms with Gasteiger partial charge in [-0.15, -0.1) is 0 Å². The minimum Gasteiger partial charge on any atom is -0.365 e. The van der Waals surface area contributed by atoms with Gasteiger partial charge in [0.25, 0.3) is 0 Å². The standard InChI is InChI=1S/C13H15BrN2/c1-13(2,3)16-12-7-5-9-4-6-10(14)8-11(9)15-12/h4-8H,1-3H3,(H,15,16). The molecule has 0 radical (unpaired) electrons. The van der Waals surface area contributed by atoms with E-state index in [1.807, 2.05) is 18.2 Å². The molecule has 2 rings (SSSR count). The van der Waals surface area contributed by atoms with Crippen LogP contribution in [0.25, 0.3) is 10.9 Å². The lowest BCUT2D eigenvalue weighted by Crippen LogP contribution is -2.26. The van der Waals surface area contributed by atoms with Crippen molar-refractivity contribution in [1.82, 2.24) is 4.98 Å². The molecule has 0 aliphatic carbocycles. The Balaban J connectivity index is 2.43. The predicted octanol–water partition coefficient (Wildman–Crippen LogP) is 4.21. The van der Waals surface area contributed by atoms with Crippen molar-refractivity contribution >= 4 is 32.7 Å². The first kappa shape index (κ1) is 11.4. The van der Waals surface area contributed by atoms with Gasteiger partial charge in [0.1, 0.15) is 5.82 Å². The first-order chi connectivity index (χ1) is 7.44. The van der Waals surface area contributed by atoms with E-state index in [0.717, 1.165) is 21.2 Å². The summed E-state index contributed by atoms with van der Waals surface area (Å²) in [7, 11) is 0. The number of aromatic nitrogens is 1. The number of fused-ring (bicyclic) bond motifs is 1. The second-order valence-electron chi connectivity index (χ2n) is 4.91. The molecule has 0 saturated heterocycles. The molecule has 84 valence electrons. The number of pyridine rings is 1. The zero-order valence-electron chi connectivity index (χ0n) is 9.71. The molecule has 0 spiro atoms. The first-order valence-corrected chi connectivity index (χ1v) is 6.08. The topological polar surface area (TPSA) is 24.9 Å². The van der Waals surface area contributed by atoms with Crippen molar-refractivity contribution in [2.75, 3.05) is 5.32 Å². The van der Waals surface area contributed by atoms with Crippen molar-refractivity contribution < 1.29 is 0 Å². The number of nitrogens with zero attached hydrogens (tertiary/aromatic N) is 1. The highest BCUT2D eigenvalue weighted by Gasteiger charge is 2.10.